The van der Waals surface area contributed by atoms with E-state index in [-0.39, 0.29) is 0 Å². The standard InChI is InChI=1S/C13H20/c1-7-13-10(4)8(2)12(13,6)9(3)11(13)5/h7H2,1-6H3. The Morgan fingerprint density at radius 3 is 1.46 bits per heavy atom. The highest BCUT2D eigenvalue weighted by atomic mass is 14.7. The Balaban J connectivity index is 2.60. The molecule has 2 rings (SSSR count). The molecule has 0 amide bonds. The van der Waals surface area contributed by atoms with E-state index in [4.69, 9.17) is 0 Å². The lowest BCUT2D eigenvalue weighted by Gasteiger charge is -2.68. The van der Waals surface area contributed by atoms with Crippen LogP contribution in [0.2, 0.25) is 0 Å². The van der Waals surface area contributed by atoms with Crippen molar-refractivity contribution in [2.75, 3.05) is 0 Å². The van der Waals surface area contributed by atoms with Crippen molar-refractivity contribution in [3.05, 3.63) is 22.3 Å². The predicted octanol–water partition coefficient (Wildman–Crippen LogP) is 4.09. The first kappa shape index (κ1) is 9.05. The molecule has 0 heterocycles. The maximum Gasteiger partial charge on any atom is 0.0246 e. The molecule has 0 aromatic rings. The normalized spacial score (nSPS) is 42.9. The number of allylic oxidation sites excluding steroid dienone is 4. The van der Waals surface area contributed by atoms with E-state index in [1.54, 1.807) is 22.3 Å². The number of hydrogen-bond acceptors (Lipinski definition) is 0. The van der Waals surface area contributed by atoms with Gasteiger partial charge >= 0.3 is 0 Å². The summed E-state index contributed by atoms with van der Waals surface area (Å²) in [6.45, 7) is 14.0. The molecule has 2 aliphatic carbocycles. The molecule has 0 unspecified atom stereocenters. The van der Waals surface area contributed by atoms with Gasteiger partial charge in [-0.15, -0.1) is 0 Å². The maximum atomic E-state index is 2.42. The highest BCUT2D eigenvalue weighted by Crippen LogP contribution is 2.76. The predicted molar refractivity (Wildman–Crippen MR) is 57.6 cm³/mol. The minimum Gasteiger partial charge on any atom is -0.0642 e. The van der Waals surface area contributed by atoms with Crippen molar-refractivity contribution in [2.45, 2.75) is 48.0 Å². The van der Waals surface area contributed by atoms with Gasteiger partial charge in [0, 0.05) is 10.8 Å². The zero-order valence-corrected chi connectivity index (χ0v) is 9.71. The minimum absolute atomic E-state index is 0.427. The molecule has 0 aromatic carbocycles. The summed E-state index contributed by atoms with van der Waals surface area (Å²) in [6.07, 6.45) is 1.27. The lowest BCUT2D eigenvalue weighted by molar-refractivity contribution is 0.101. The molecule has 0 atom stereocenters. The van der Waals surface area contributed by atoms with Crippen molar-refractivity contribution in [3.8, 4) is 0 Å². The van der Waals surface area contributed by atoms with Crippen LogP contribution in [0.15, 0.2) is 22.3 Å². The SMILES string of the molecule is CCC12C(C)=C(C)C1(C)C(C)=C2C. The van der Waals surface area contributed by atoms with Gasteiger partial charge < -0.3 is 0 Å². The molecule has 0 aliphatic heterocycles. The molecule has 0 spiro atoms. The lowest BCUT2D eigenvalue weighted by atomic mass is 9.35. The fraction of sp³-hybridized carbons (Fsp3) is 0.692. The average Bonchev–Trinajstić information content (AvgIpc) is 2.16. The first-order valence-corrected chi connectivity index (χ1v) is 5.31. The molecule has 0 N–H and O–H groups in total. The van der Waals surface area contributed by atoms with Crippen LogP contribution in [0.25, 0.3) is 0 Å². The molecule has 0 saturated heterocycles. The fourth-order valence-electron chi connectivity index (χ4n) is 4.10. The Bertz CT molecular complexity index is 313. The van der Waals surface area contributed by atoms with Crippen LogP contribution >= 0.6 is 0 Å². The Labute approximate surface area is 81.7 Å². The summed E-state index contributed by atoms with van der Waals surface area (Å²) in [4.78, 5) is 0. The molecule has 0 aromatic heterocycles. The van der Waals surface area contributed by atoms with Gasteiger partial charge in [-0.2, -0.15) is 0 Å². The van der Waals surface area contributed by atoms with Crippen molar-refractivity contribution in [3.63, 3.8) is 0 Å². The van der Waals surface area contributed by atoms with Crippen LogP contribution in [-0.2, 0) is 0 Å². The highest BCUT2D eigenvalue weighted by Gasteiger charge is 2.66. The summed E-state index contributed by atoms with van der Waals surface area (Å²) in [6, 6.07) is 0. The van der Waals surface area contributed by atoms with E-state index in [1.165, 1.54) is 6.42 Å². The minimum atomic E-state index is 0.427. The van der Waals surface area contributed by atoms with Crippen LogP contribution in [-0.4, -0.2) is 0 Å². The Hall–Kier alpha value is -0.520. The van der Waals surface area contributed by atoms with E-state index in [9.17, 15) is 0 Å². The molecule has 72 valence electrons. The number of hydrogen-bond donors (Lipinski definition) is 0. The van der Waals surface area contributed by atoms with Gasteiger partial charge in [0.1, 0.15) is 0 Å². The van der Waals surface area contributed by atoms with Gasteiger partial charge in [0.2, 0.25) is 0 Å². The van der Waals surface area contributed by atoms with Crippen LogP contribution in [0.3, 0.4) is 0 Å². The van der Waals surface area contributed by atoms with Crippen LogP contribution in [0.1, 0.15) is 48.0 Å². The zero-order chi connectivity index (χ0) is 10.0. The molecular weight excluding hydrogens is 156 g/mol. The quantitative estimate of drug-likeness (QED) is 0.528. The van der Waals surface area contributed by atoms with Gasteiger partial charge in [-0.25, -0.2) is 0 Å². The Morgan fingerprint density at radius 1 is 0.846 bits per heavy atom. The van der Waals surface area contributed by atoms with Gasteiger partial charge in [0.05, 0.1) is 0 Å². The van der Waals surface area contributed by atoms with Crippen molar-refractivity contribution in [1.82, 2.24) is 0 Å². The molecular formula is C13H20. The Morgan fingerprint density at radius 2 is 1.23 bits per heavy atom. The third-order valence-corrected chi connectivity index (χ3v) is 5.29. The van der Waals surface area contributed by atoms with Crippen molar-refractivity contribution in [2.24, 2.45) is 10.8 Å². The molecule has 0 nitrogen and oxygen atoms in total. The molecule has 0 heteroatoms. The van der Waals surface area contributed by atoms with E-state index < -0.39 is 0 Å². The van der Waals surface area contributed by atoms with Gasteiger partial charge in [-0.3, -0.25) is 0 Å². The number of fused-ring (bicyclic) bond motifs is 1. The molecule has 2 aliphatic rings. The largest absolute Gasteiger partial charge is 0.0642 e. The fourth-order valence-corrected chi connectivity index (χ4v) is 4.10. The van der Waals surface area contributed by atoms with E-state index in [1.807, 2.05) is 0 Å². The average molecular weight is 176 g/mol. The monoisotopic (exact) mass is 176 g/mol. The van der Waals surface area contributed by atoms with Crippen LogP contribution < -0.4 is 0 Å². The second-order valence-corrected chi connectivity index (χ2v) is 4.88. The van der Waals surface area contributed by atoms with Crippen molar-refractivity contribution < 1.29 is 0 Å². The Kier molecular flexibility index (Phi) is 1.46. The van der Waals surface area contributed by atoms with Crippen molar-refractivity contribution in [1.29, 1.82) is 0 Å². The highest BCUT2D eigenvalue weighted by molar-refractivity contribution is 5.63. The summed E-state index contributed by atoms with van der Waals surface area (Å²) >= 11 is 0. The summed E-state index contributed by atoms with van der Waals surface area (Å²) < 4.78 is 0. The van der Waals surface area contributed by atoms with Gasteiger partial charge in [-0.1, -0.05) is 36.1 Å². The maximum absolute atomic E-state index is 2.42. The van der Waals surface area contributed by atoms with Crippen molar-refractivity contribution >= 4 is 0 Å². The first-order chi connectivity index (χ1) is 5.94. The summed E-state index contributed by atoms with van der Waals surface area (Å²) in [5.74, 6) is 0. The zero-order valence-electron chi connectivity index (χ0n) is 9.71. The van der Waals surface area contributed by atoms with Crippen LogP contribution in [0, 0.1) is 10.8 Å². The number of rotatable bonds is 1. The summed E-state index contributed by atoms with van der Waals surface area (Å²) in [7, 11) is 0. The summed E-state index contributed by atoms with van der Waals surface area (Å²) in [5, 5.41) is 0. The molecule has 0 bridgehead atoms. The lowest BCUT2D eigenvalue weighted by Crippen LogP contribution is -2.59. The molecule has 0 fully saturated rings. The van der Waals surface area contributed by atoms with Crippen LogP contribution in [0.5, 0.6) is 0 Å². The van der Waals surface area contributed by atoms with E-state index in [0.717, 1.165) is 0 Å². The molecule has 13 heavy (non-hydrogen) atoms. The van der Waals surface area contributed by atoms with Gasteiger partial charge in [-0.05, 0) is 34.1 Å². The van der Waals surface area contributed by atoms with Gasteiger partial charge in [0.15, 0.2) is 0 Å². The molecule has 0 saturated carbocycles. The third kappa shape index (κ3) is 0.546. The molecule has 0 radical (unpaired) electrons. The van der Waals surface area contributed by atoms with E-state index >= 15 is 0 Å². The first-order valence-electron chi connectivity index (χ1n) is 5.31. The van der Waals surface area contributed by atoms with E-state index in [2.05, 4.69) is 41.5 Å². The van der Waals surface area contributed by atoms with Gasteiger partial charge in [0.25, 0.3) is 0 Å². The third-order valence-electron chi connectivity index (χ3n) is 5.29. The smallest absolute Gasteiger partial charge is 0.0246 e. The topological polar surface area (TPSA) is 0 Å². The second kappa shape index (κ2) is 2.10. The second-order valence-electron chi connectivity index (χ2n) is 4.88. The summed E-state index contributed by atoms with van der Waals surface area (Å²) in [5.41, 5.74) is 7.41. The van der Waals surface area contributed by atoms with Crippen LogP contribution in [0.4, 0.5) is 0 Å². The van der Waals surface area contributed by atoms with E-state index in [0.29, 0.717) is 10.8 Å².